The van der Waals surface area contributed by atoms with Gasteiger partial charge in [0.1, 0.15) is 11.6 Å². The molecule has 1 N–H and O–H groups in total. The third-order valence-electron chi connectivity index (χ3n) is 6.33. The maximum absolute atomic E-state index is 13.7. The lowest BCUT2D eigenvalue weighted by Gasteiger charge is -2.30. The number of halogens is 2. The minimum atomic E-state index is -0.363. The van der Waals surface area contributed by atoms with Gasteiger partial charge in [0, 0.05) is 15.6 Å². The summed E-state index contributed by atoms with van der Waals surface area (Å²) in [6.45, 7) is 0. The van der Waals surface area contributed by atoms with Crippen molar-refractivity contribution in [3.63, 3.8) is 0 Å². The van der Waals surface area contributed by atoms with Crippen molar-refractivity contribution in [1.29, 1.82) is 0 Å². The van der Waals surface area contributed by atoms with Crippen molar-refractivity contribution in [1.82, 2.24) is 4.57 Å². The summed E-state index contributed by atoms with van der Waals surface area (Å²) in [7, 11) is 0. The van der Waals surface area contributed by atoms with Crippen LogP contribution in [0.4, 0.5) is 4.39 Å². The van der Waals surface area contributed by atoms with Gasteiger partial charge in [-0.25, -0.2) is 9.38 Å². The first kappa shape index (κ1) is 21.3. The van der Waals surface area contributed by atoms with Gasteiger partial charge >= 0.3 is 0 Å². The zero-order chi connectivity index (χ0) is 23.4. The molecule has 0 spiro atoms. The average molecular weight is 533 g/mol. The standard InChI is InChI=1S/C27H18BrFN2O2S/c28-18-8-12-22(32)17(13-18)14-23-26(33)31-25(16-5-9-19(29)10-6-16)21-11-7-15-3-1-2-4-20(15)24(21)30-27(31)34-23/h1-6,8-10,12-14,25,32H,7,11H2. The molecule has 0 saturated carbocycles. The summed E-state index contributed by atoms with van der Waals surface area (Å²) in [6, 6.07) is 19.3. The molecule has 4 aromatic rings. The molecule has 0 amide bonds. The number of nitrogens with zero attached hydrogens (tertiary/aromatic N) is 2. The first-order valence-corrected chi connectivity index (χ1v) is 12.5. The lowest BCUT2D eigenvalue weighted by molar-refractivity contribution is 0.474. The molecule has 34 heavy (non-hydrogen) atoms. The van der Waals surface area contributed by atoms with Crippen LogP contribution in [0.1, 0.15) is 34.7 Å². The van der Waals surface area contributed by atoms with Gasteiger partial charge in [-0.3, -0.25) is 9.36 Å². The van der Waals surface area contributed by atoms with Crippen molar-refractivity contribution in [2.75, 3.05) is 0 Å². The Morgan fingerprint density at radius 1 is 1.09 bits per heavy atom. The molecule has 3 aromatic carbocycles. The van der Waals surface area contributed by atoms with Crippen LogP contribution in [-0.4, -0.2) is 9.67 Å². The van der Waals surface area contributed by atoms with Gasteiger partial charge in [0.15, 0.2) is 4.80 Å². The Bertz CT molecular complexity index is 1670. The Morgan fingerprint density at radius 3 is 2.71 bits per heavy atom. The number of rotatable bonds is 2. The molecule has 1 unspecified atom stereocenters. The molecule has 2 heterocycles. The van der Waals surface area contributed by atoms with Gasteiger partial charge in [-0.2, -0.15) is 0 Å². The molecular weight excluding hydrogens is 515 g/mol. The number of aryl methyl sites for hydroxylation is 1. The molecular formula is C27H18BrFN2O2S. The quantitative estimate of drug-likeness (QED) is 0.398. The van der Waals surface area contributed by atoms with Crippen LogP contribution in [0.15, 0.2) is 86.6 Å². The summed E-state index contributed by atoms with van der Waals surface area (Å²) in [5.74, 6) is -0.221. The molecule has 0 saturated heterocycles. The van der Waals surface area contributed by atoms with Crippen molar-refractivity contribution in [2.45, 2.75) is 18.9 Å². The van der Waals surface area contributed by atoms with Crippen molar-refractivity contribution in [3.8, 4) is 5.75 Å². The van der Waals surface area contributed by atoms with E-state index in [2.05, 4.69) is 28.1 Å². The van der Waals surface area contributed by atoms with Crippen LogP contribution in [0, 0.1) is 5.82 Å². The van der Waals surface area contributed by atoms with E-state index < -0.39 is 0 Å². The SMILES string of the molecule is O=c1c(=Cc2cc(Br)ccc2O)sc2n1C(c1ccc(F)cc1)C1=C(N=2)c2ccccc2CC1. The van der Waals surface area contributed by atoms with E-state index in [4.69, 9.17) is 4.99 Å². The number of aromatic hydroxyl groups is 1. The summed E-state index contributed by atoms with van der Waals surface area (Å²) in [5, 5.41) is 10.3. The zero-order valence-corrected chi connectivity index (χ0v) is 20.2. The second-order valence-electron chi connectivity index (χ2n) is 8.37. The number of thiazole rings is 1. The molecule has 1 atom stereocenters. The Balaban J connectivity index is 1.64. The second kappa shape index (κ2) is 8.18. The summed E-state index contributed by atoms with van der Waals surface area (Å²) in [4.78, 5) is 19.2. The zero-order valence-electron chi connectivity index (χ0n) is 17.8. The topological polar surface area (TPSA) is 54.6 Å². The fourth-order valence-corrected chi connectivity index (χ4v) is 6.12. The minimum absolute atomic E-state index is 0.0948. The molecule has 0 fully saturated rings. The lowest BCUT2D eigenvalue weighted by Crippen LogP contribution is -2.38. The molecule has 1 aliphatic heterocycles. The van der Waals surface area contributed by atoms with Gasteiger partial charge in [-0.1, -0.05) is 63.7 Å². The molecule has 0 bridgehead atoms. The Morgan fingerprint density at radius 2 is 1.88 bits per heavy atom. The Labute approximate surface area is 206 Å². The first-order valence-electron chi connectivity index (χ1n) is 10.9. The van der Waals surface area contributed by atoms with Gasteiger partial charge in [0.2, 0.25) is 0 Å². The summed E-state index contributed by atoms with van der Waals surface area (Å²) in [6.07, 6.45) is 3.33. The molecule has 168 valence electrons. The second-order valence-corrected chi connectivity index (χ2v) is 10.3. The summed E-state index contributed by atoms with van der Waals surface area (Å²) < 4.78 is 16.7. The Hall–Kier alpha value is -3.29. The van der Waals surface area contributed by atoms with E-state index in [1.807, 2.05) is 12.1 Å². The van der Waals surface area contributed by atoms with Crippen molar-refractivity contribution < 1.29 is 9.50 Å². The monoisotopic (exact) mass is 532 g/mol. The first-order chi connectivity index (χ1) is 16.5. The highest BCUT2D eigenvalue weighted by Gasteiger charge is 2.32. The number of hydrogen-bond acceptors (Lipinski definition) is 4. The van der Waals surface area contributed by atoms with Crippen LogP contribution in [0.3, 0.4) is 0 Å². The van der Waals surface area contributed by atoms with E-state index in [0.29, 0.717) is 14.9 Å². The van der Waals surface area contributed by atoms with Crippen LogP contribution >= 0.6 is 27.3 Å². The highest BCUT2D eigenvalue weighted by Crippen LogP contribution is 2.41. The predicted molar refractivity (Wildman–Crippen MR) is 135 cm³/mol. The summed E-state index contributed by atoms with van der Waals surface area (Å²) in [5.41, 5.74) is 5.50. The molecule has 1 aromatic heterocycles. The number of aromatic nitrogens is 1. The van der Waals surface area contributed by atoms with E-state index in [0.717, 1.165) is 39.7 Å². The smallest absolute Gasteiger partial charge is 0.271 e. The maximum Gasteiger partial charge on any atom is 0.271 e. The molecule has 0 radical (unpaired) electrons. The highest BCUT2D eigenvalue weighted by atomic mass is 79.9. The van der Waals surface area contributed by atoms with Crippen LogP contribution in [-0.2, 0) is 6.42 Å². The Kier molecular flexibility index (Phi) is 5.12. The van der Waals surface area contributed by atoms with Crippen molar-refractivity contribution >= 4 is 39.0 Å². The fraction of sp³-hybridized carbons (Fsp3) is 0.111. The van der Waals surface area contributed by atoms with Crippen LogP contribution in [0.25, 0.3) is 11.8 Å². The van der Waals surface area contributed by atoms with Gasteiger partial charge in [-0.05, 0) is 65.9 Å². The number of fused-ring (bicyclic) bond motifs is 3. The molecule has 4 nitrogen and oxygen atoms in total. The molecule has 2 aliphatic rings. The maximum atomic E-state index is 13.7. The minimum Gasteiger partial charge on any atom is -0.507 e. The largest absolute Gasteiger partial charge is 0.507 e. The molecule has 7 heteroatoms. The number of benzene rings is 3. The molecule has 1 aliphatic carbocycles. The lowest BCUT2D eigenvalue weighted by atomic mass is 9.83. The van der Waals surface area contributed by atoms with Crippen LogP contribution in [0.5, 0.6) is 5.75 Å². The van der Waals surface area contributed by atoms with Crippen molar-refractivity contribution in [3.05, 3.63) is 125 Å². The average Bonchev–Trinajstić information content (AvgIpc) is 3.15. The highest BCUT2D eigenvalue weighted by molar-refractivity contribution is 9.10. The normalized spacial score (nSPS) is 17.1. The third-order valence-corrected chi connectivity index (χ3v) is 7.81. The fourth-order valence-electron chi connectivity index (χ4n) is 4.75. The number of phenolic OH excluding ortho intramolecular Hbond substituents is 1. The van der Waals surface area contributed by atoms with Gasteiger partial charge in [0.05, 0.1) is 16.3 Å². The van der Waals surface area contributed by atoms with Gasteiger partial charge in [-0.15, -0.1) is 0 Å². The van der Waals surface area contributed by atoms with Gasteiger partial charge < -0.3 is 5.11 Å². The van der Waals surface area contributed by atoms with Crippen LogP contribution in [0.2, 0.25) is 0 Å². The van der Waals surface area contributed by atoms with E-state index in [-0.39, 0.29) is 23.2 Å². The van der Waals surface area contributed by atoms with E-state index in [9.17, 15) is 14.3 Å². The van der Waals surface area contributed by atoms with E-state index >= 15 is 0 Å². The number of phenols is 1. The van der Waals surface area contributed by atoms with E-state index in [1.165, 1.54) is 29.0 Å². The number of allylic oxidation sites excluding steroid dienone is 1. The predicted octanol–water partition coefficient (Wildman–Crippen LogP) is 4.93. The van der Waals surface area contributed by atoms with Gasteiger partial charge in [0.25, 0.3) is 5.56 Å². The van der Waals surface area contributed by atoms with Crippen molar-refractivity contribution in [2.24, 2.45) is 4.99 Å². The third kappa shape index (κ3) is 3.47. The van der Waals surface area contributed by atoms with E-state index in [1.54, 1.807) is 41.0 Å². The van der Waals surface area contributed by atoms with Crippen LogP contribution < -0.4 is 14.9 Å². The summed E-state index contributed by atoms with van der Waals surface area (Å²) >= 11 is 4.72. The number of hydrogen-bond donors (Lipinski definition) is 1. The molecule has 6 rings (SSSR count).